The molecule has 0 saturated carbocycles. The van der Waals surface area contributed by atoms with Gasteiger partial charge in [0.15, 0.2) is 0 Å². The molecule has 94 valence electrons. The number of nitrogens with zero attached hydrogens (tertiary/aromatic N) is 2. The van der Waals surface area contributed by atoms with Crippen molar-refractivity contribution in [3.8, 4) is 0 Å². The average molecular weight is 265 g/mol. The lowest BCUT2D eigenvalue weighted by atomic mass is 10.2. The Morgan fingerprint density at radius 2 is 2.28 bits per heavy atom. The third-order valence-corrected chi connectivity index (χ3v) is 2.95. The molecule has 0 fully saturated rings. The molecule has 6 heteroatoms. The first kappa shape index (κ1) is 12.4. The number of anilines is 1. The van der Waals surface area contributed by atoms with Crippen molar-refractivity contribution in [1.29, 1.82) is 0 Å². The summed E-state index contributed by atoms with van der Waals surface area (Å²) >= 11 is 5.80. The van der Waals surface area contributed by atoms with Gasteiger partial charge in [-0.3, -0.25) is 9.48 Å². The zero-order chi connectivity index (χ0) is 13.1. The van der Waals surface area contributed by atoms with Crippen molar-refractivity contribution >= 4 is 23.2 Å². The van der Waals surface area contributed by atoms with Crippen LogP contribution in [-0.2, 0) is 13.6 Å². The number of hydrogen-bond acceptors (Lipinski definition) is 3. The van der Waals surface area contributed by atoms with E-state index in [0.717, 1.165) is 5.69 Å². The Bertz CT molecular complexity index is 579. The monoisotopic (exact) mass is 264 g/mol. The summed E-state index contributed by atoms with van der Waals surface area (Å²) in [6, 6.07) is 6.64. The third kappa shape index (κ3) is 2.62. The van der Waals surface area contributed by atoms with Crippen LogP contribution in [0.2, 0.25) is 5.02 Å². The molecule has 0 radical (unpaired) electrons. The summed E-state index contributed by atoms with van der Waals surface area (Å²) in [6.07, 6.45) is 1.68. The maximum absolute atomic E-state index is 11.9. The van der Waals surface area contributed by atoms with E-state index >= 15 is 0 Å². The minimum atomic E-state index is -0.195. The molecule has 0 aliphatic carbocycles. The minimum absolute atomic E-state index is 0.195. The number of halogens is 1. The lowest BCUT2D eigenvalue weighted by Crippen LogP contribution is -2.24. The number of nitrogens with two attached hydrogens (primary N) is 1. The van der Waals surface area contributed by atoms with Crippen LogP contribution in [0.3, 0.4) is 0 Å². The van der Waals surface area contributed by atoms with Crippen LogP contribution in [0.15, 0.2) is 30.5 Å². The Balaban J connectivity index is 2.04. The topological polar surface area (TPSA) is 72.9 Å². The van der Waals surface area contributed by atoms with Crippen LogP contribution in [-0.4, -0.2) is 15.7 Å². The third-order valence-electron chi connectivity index (χ3n) is 2.61. The number of hydrogen-bond donors (Lipinski definition) is 2. The normalized spacial score (nSPS) is 10.3. The minimum Gasteiger partial charge on any atom is -0.398 e. The molecular formula is C12H13ClN4O. The summed E-state index contributed by atoms with van der Waals surface area (Å²) in [4.78, 5) is 11.9. The summed E-state index contributed by atoms with van der Waals surface area (Å²) < 4.78 is 1.70. The van der Waals surface area contributed by atoms with E-state index in [1.54, 1.807) is 29.1 Å². The van der Waals surface area contributed by atoms with Crippen molar-refractivity contribution in [3.05, 3.63) is 46.7 Å². The fourth-order valence-corrected chi connectivity index (χ4v) is 1.65. The number of rotatable bonds is 3. The molecule has 0 aliphatic heterocycles. The van der Waals surface area contributed by atoms with Gasteiger partial charge in [-0.05, 0) is 24.3 Å². The predicted octanol–water partition coefficient (Wildman–Crippen LogP) is 1.59. The van der Waals surface area contributed by atoms with Gasteiger partial charge in [0.05, 0.1) is 22.9 Å². The SMILES string of the molecule is Cn1nccc1CNC(=O)c1ccc(Cl)c(N)c1. The molecule has 1 heterocycles. The zero-order valence-electron chi connectivity index (χ0n) is 9.85. The lowest BCUT2D eigenvalue weighted by Gasteiger charge is -2.06. The second kappa shape index (κ2) is 5.10. The van der Waals surface area contributed by atoms with E-state index in [0.29, 0.717) is 22.8 Å². The Morgan fingerprint density at radius 3 is 2.89 bits per heavy atom. The van der Waals surface area contributed by atoms with Gasteiger partial charge in [-0.2, -0.15) is 5.10 Å². The van der Waals surface area contributed by atoms with Crippen LogP contribution in [0, 0.1) is 0 Å². The van der Waals surface area contributed by atoms with Crippen molar-refractivity contribution in [2.45, 2.75) is 6.54 Å². The fraction of sp³-hybridized carbons (Fsp3) is 0.167. The van der Waals surface area contributed by atoms with E-state index in [4.69, 9.17) is 17.3 Å². The highest BCUT2D eigenvalue weighted by atomic mass is 35.5. The van der Waals surface area contributed by atoms with Crippen LogP contribution in [0.1, 0.15) is 16.1 Å². The quantitative estimate of drug-likeness (QED) is 0.827. The molecule has 0 bridgehead atoms. The highest BCUT2D eigenvalue weighted by Gasteiger charge is 2.08. The Morgan fingerprint density at radius 1 is 1.50 bits per heavy atom. The molecule has 18 heavy (non-hydrogen) atoms. The van der Waals surface area contributed by atoms with Crippen LogP contribution >= 0.6 is 11.6 Å². The number of nitrogen functional groups attached to an aromatic ring is 1. The van der Waals surface area contributed by atoms with Crippen molar-refractivity contribution in [1.82, 2.24) is 15.1 Å². The van der Waals surface area contributed by atoms with Crippen molar-refractivity contribution in [2.75, 3.05) is 5.73 Å². The number of benzene rings is 1. The molecular weight excluding hydrogens is 252 g/mol. The zero-order valence-corrected chi connectivity index (χ0v) is 10.6. The Labute approximate surface area is 110 Å². The van der Waals surface area contributed by atoms with Gasteiger partial charge in [-0.25, -0.2) is 0 Å². The van der Waals surface area contributed by atoms with Crippen molar-refractivity contribution in [2.24, 2.45) is 7.05 Å². The maximum atomic E-state index is 11.9. The second-order valence-corrected chi connectivity index (χ2v) is 4.27. The molecule has 3 N–H and O–H groups in total. The number of amides is 1. The average Bonchev–Trinajstić information content (AvgIpc) is 2.75. The summed E-state index contributed by atoms with van der Waals surface area (Å²) in [5.74, 6) is -0.195. The van der Waals surface area contributed by atoms with Gasteiger partial charge in [-0.1, -0.05) is 11.6 Å². The first-order valence-corrected chi connectivity index (χ1v) is 5.76. The standard InChI is InChI=1S/C12H13ClN4O/c1-17-9(4-5-16-17)7-15-12(18)8-2-3-10(13)11(14)6-8/h2-6H,7,14H2,1H3,(H,15,18). The Hall–Kier alpha value is -2.01. The second-order valence-electron chi connectivity index (χ2n) is 3.87. The number of carbonyl (C=O) groups excluding carboxylic acids is 1. The van der Waals surface area contributed by atoms with Crippen LogP contribution < -0.4 is 11.1 Å². The van der Waals surface area contributed by atoms with Crippen molar-refractivity contribution < 1.29 is 4.79 Å². The molecule has 0 atom stereocenters. The van der Waals surface area contributed by atoms with E-state index in [1.165, 1.54) is 0 Å². The summed E-state index contributed by atoms with van der Waals surface area (Å²) in [5.41, 5.74) is 7.45. The molecule has 0 spiro atoms. The van der Waals surface area contributed by atoms with Crippen LogP contribution in [0.25, 0.3) is 0 Å². The number of aromatic nitrogens is 2. The van der Waals surface area contributed by atoms with Gasteiger partial charge in [0.2, 0.25) is 0 Å². The van der Waals surface area contributed by atoms with E-state index < -0.39 is 0 Å². The van der Waals surface area contributed by atoms with E-state index in [1.807, 2.05) is 13.1 Å². The largest absolute Gasteiger partial charge is 0.398 e. The highest BCUT2D eigenvalue weighted by Crippen LogP contribution is 2.19. The number of aryl methyl sites for hydroxylation is 1. The van der Waals surface area contributed by atoms with E-state index in [2.05, 4.69) is 10.4 Å². The van der Waals surface area contributed by atoms with Crippen LogP contribution in [0.5, 0.6) is 0 Å². The number of carbonyl (C=O) groups is 1. The lowest BCUT2D eigenvalue weighted by molar-refractivity contribution is 0.0950. The highest BCUT2D eigenvalue weighted by molar-refractivity contribution is 6.33. The van der Waals surface area contributed by atoms with E-state index in [-0.39, 0.29) is 5.91 Å². The molecule has 0 aliphatic rings. The first-order valence-electron chi connectivity index (χ1n) is 5.38. The first-order chi connectivity index (χ1) is 8.58. The maximum Gasteiger partial charge on any atom is 0.251 e. The van der Waals surface area contributed by atoms with Gasteiger partial charge in [0.25, 0.3) is 5.91 Å². The van der Waals surface area contributed by atoms with Gasteiger partial charge < -0.3 is 11.1 Å². The molecule has 0 saturated heterocycles. The Kier molecular flexibility index (Phi) is 3.53. The van der Waals surface area contributed by atoms with Crippen LogP contribution in [0.4, 0.5) is 5.69 Å². The molecule has 1 aromatic heterocycles. The van der Waals surface area contributed by atoms with Gasteiger partial charge in [0.1, 0.15) is 0 Å². The van der Waals surface area contributed by atoms with E-state index in [9.17, 15) is 4.79 Å². The molecule has 1 aromatic carbocycles. The summed E-state index contributed by atoms with van der Waals surface area (Å²) in [5, 5.41) is 7.25. The molecule has 2 rings (SSSR count). The fourth-order valence-electron chi connectivity index (χ4n) is 1.53. The van der Waals surface area contributed by atoms with Crippen molar-refractivity contribution in [3.63, 3.8) is 0 Å². The summed E-state index contributed by atoms with van der Waals surface area (Å²) in [6.45, 7) is 0.415. The molecule has 2 aromatic rings. The molecule has 5 nitrogen and oxygen atoms in total. The molecule has 1 amide bonds. The predicted molar refractivity (Wildman–Crippen MR) is 70.2 cm³/mol. The molecule has 0 unspecified atom stereocenters. The number of nitrogens with one attached hydrogen (secondary N) is 1. The van der Waals surface area contributed by atoms with Gasteiger partial charge in [0, 0.05) is 18.8 Å². The van der Waals surface area contributed by atoms with Gasteiger partial charge in [-0.15, -0.1) is 0 Å². The summed E-state index contributed by atoms with van der Waals surface area (Å²) in [7, 11) is 1.82. The van der Waals surface area contributed by atoms with Gasteiger partial charge >= 0.3 is 0 Å². The smallest absolute Gasteiger partial charge is 0.251 e.